The van der Waals surface area contributed by atoms with Gasteiger partial charge in [-0.1, -0.05) is 48.6 Å². The van der Waals surface area contributed by atoms with E-state index in [1.165, 1.54) is 19.2 Å². The van der Waals surface area contributed by atoms with Gasteiger partial charge in [-0.25, -0.2) is 30.0 Å². The molecule has 0 spiro atoms. The maximum atomic E-state index is 13.1. The summed E-state index contributed by atoms with van der Waals surface area (Å²) >= 11 is 0. The number of carboxylic acid groups (broad SMARTS) is 1. The lowest BCUT2D eigenvalue weighted by atomic mass is 9.76. The zero-order chi connectivity index (χ0) is 48.8. The number of carboxylic acids is 1. The number of methoxy groups -OCH3 is 2. The van der Waals surface area contributed by atoms with E-state index in [2.05, 4.69) is 28.0 Å². The molecule has 0 aromatic heterocycles. The van der Waals surface area contributed by atoms with E-state index in [1.807, 2.05) is 73.7 Å². The number of anilines is 1. The summed E-state index contributed by atoms with van der Waals surface area (Å²) in [4.78, 5) is 13.1. The fourth-order valence-electron chi connectivity index (χ4n) is 9.42. The molecule has 0 bridgehead atoms. The Morgan fingerprint density at radius 3 is 2.09 bits per heavy atom. The third-order valence-electron chi connectivity index (χ3n) is 12.5. The molecule has 2 aliphatic heterocycles. The van der Waals surface area contributed by atoms with Crippen LogP contribution < -0.4 is 9.62 Å². The van der Waals surface area contributed by atoms with Gasteiger partial charge in [-0.05, 0) is 116 Å². The van der Waals surface area contributed by atoms with Crippen molar-refractivity contribution in [1.29, 1.82) is 0 Å². The Kier molecular flexibility index (Phi) is 16.2. The highest BCUT2D eigenvalue weighted by atomic mass is 32.2. The molecule has 18 heteroatoms. The van der Waals surface area contributed by atoms with Crippen LogP contribution in [-0.4, -0.2) is 109 Å². The Labute approximate surface area is 393 Å². The molecule has 2 aliphatic rings. The Hall–Kier alpha value is -5.05. The van der Waals surface area contributed by atoms with Crippen molar-refractivity contribution in [3.63, 3.8) is 0 Å². The maximum absolute atomic E-state index is 13.1. The van der Waals surface area contributed by atoms with Crippen LogP contribution in [0.25, 0.3) is 21.5 Å². The number of benzene rings is 4. The van der Waals surface area contributed by atoms with Gasteiger partial charge in [0.1, 0.15) is 16.7 Å². The Morgan fingerprint density at radius 2 is 1.42 bits per heavy atom. The highest BCUT2D eigenvalue weighted by Gasteiger charge is 2.46. The van der Waals surface area contributed by atoms with Crippen molar-refractivity contribution in [3.8, 4) is 0 Å². The van der Waals surface area contributed by atoms with Gasteiger partial charge >= 0.3 is 5.97 Å². The highest BCUT2D eigenvalue weighted by molar-refractivity contribution is 7.89. The summed E-state index contributed by atoms with van der Waals surface area (Å²) in [6.45, 7) is 7.96. The monoisotopic (exact) mass is 976 g/mol. The first-order chi connectivity index (χ1) is 31.6. The van der Waals surface area contributed by atoms with Crippen LogP contribution in [0.5, 0.6) is 0 Å². The first-order valence-electron chi connectivity index (χ1n) is 22.0. The predicted molar refractivity (Wildman–Crippen MR) is 258 cm³/mol. The number of allylic oxidation sites excluding steroid dienone is 8. The molecule has 4 aromatic rings. The van der Waals surface area contributed by atoms with Gasteiger partial charge in [-0.3, -0.25) is 4.79 Å². The number of carbonyl (C=O) groups is 1. The number of hydrogen-bond donors (Lipinski definition) is 2. The van der Waals surface area contributed by atoms with Crippen LogP contribution in [0.3, 0.4) is 0 Å². The molecule has 0 saturated heterocycles. The molecular weight excluding hydrogens is 919 g/mol. The standard InChI is InChI=1S/C49H59N3O12S3/c1-48(2)43(51(28-13-9-12-17-45(53)54)41-24-18-36-34-38(67(60,61)62)21-23-39(36)46(41)48)15-10-7-6-8-11-16-44-49(3,26-14-32-65(55,56)57)47-40-22-20-37(66(58,59)50-27-30-63-4)33-35(40)19-25-42(47)52(44)29-31-64-5/h6-8,10-11,15-16,18-25,33-34,50H,9,12-14,17,26-32H2,1-5H3,(H2-,53,54,55,56,57,60,61,62)/p-1. The van der Waals surface area contributed by atoms with Gasteiger partial charge in [-0.2, -0.15) is 4.58 Å². The quantitative estimate of drug-likeness (QED) is 0.0327. The van der Waals surface area contributed by atoms with Crippen LogP contribution >= 0.6 is 0 Å². The summed E-state index contributed by atoms with van der Waals surface area (Å²) in [6, 6.07) is 16.9. The van der Waals surface area contributed by atoms with E-state index in [1.54, 1.807) is 31.4 Å². The van der Waals surface area contributed by atoms with Crippen LogP contribution in [0.4, 0.5) is 11.4 Å². The molecule has 0 radical (unpaired) electrons. The van der Waals surface area contributed by atoms with E-state index < -0.39 is 52.8 Å². The molecule has 6 rings (SSSR count). The molecule has 1 atom stereocenters. The Morgan fingerprint density at radius 1 is 0.776 bits per heavy atom. The topological polar surface area (TPSA) is 223 Å². The Bertz CT molecular complexity index is 3030. The van der Waals surface area contributed by atoms with Gasteiger partial charge in [0.2, 0.25) is 15.7 Å². The third kappa shape index (κ3) is 11.6. The number of nitrogens with one attached hydrogen (secondary N) is 1. The van der Waals surface area contributed by atoms with Crippen molar-refractivity contribution in [2.45, 2.75) is 79.9 Å². The third-order valence-corrected chi connectivity index (χ3v) is 15.6. The summed E-state index contributed by atoms with van der Waals surface area (Å²) in [7, 11) is -9.90. The minimum Gasteiger partial charge on any atom is -0.748 e. The molecule has 0 fully saturated rings. The van der Waals surface area contributed by atoms with Crippen molar-refractivity contribution >= 4 is 74.9 Å². The average molecular weight is 977 g/mol. The van der Waals surface area contributed by atoms with Crippen LogP contribution in [0.15, 0.2) is 119 Å². The number of rotatable bonds is 23. The molecule has 67 heavy (non-hydrogen) atoms. The summed E-state index contributed by atoms with van der Waals surface area (Å²) in [5, 5.41) is 12.1. The summed E-state index contributed by atoms with van der Waals surface area (Å²) in [6.07, 6.45) is 15.9. The maximum Gasteiger partial charge on any atom is 0.303 e. The number of unbranched alkanes of at least 4 members (excludes halogenated alkanes) is 2. The molecule has 0 saturated carbocycles. The van der Waals surface area contributed by atoms with Crippen LogP contribution in [-0.2, 0) is 55.4 Å². The molecule has 2 N–H and O–H groups in total. The number of ether oxygens (including phenoxy) is 2. The highest BCUT2D eigenvalue weighted by Crippen LogP contribution is 2.53. The van der Waals surface area contributed by atoms with Gasteiger partial charge in [0, 0.05) is 80.4 Å². The van der Waals surface area contributed by atoms with Crippen LogP contribution in [0.1, 0.15) is 70.4 Å². The molecule has 1 unspecified atom stereocenters. The second-order valence-electron chi connectivity index (χ2n) is 17.4. The first kappa shape index (κ1) is 51.3. The summed E-state index contributed by atoms with van der Waals surface area (Å²) in [5.74, 6) is -1.38. The SMILES string of the molecule is COCCNS(=O)(=O)c1ccc2c3c(ccc2c1)N(CCOC)C(=CC=CC=CC=CC1=[N+](CCCCCC(=O)O)c2ccc4cc(S(=O)(=O)[O-])ccc4c2C1(C)C)C3(C)CCCS(=O)(=O)[O-]. The minimum absolute atomic E-state index is 0.0899. The summed E-state index contributed by atoms with van der Waals surface area (Å²) in [5.41, 5.74) is 4.16. The molecule has 4 aromatic carbocycles. The molecule has 360 valence electrons. The van der Waals surface area contributed by atoms with Gasteiger partial charge < -0.3 is 28.6 Å². The lowest BCUT2D eigenvalue weighted by Gasteiger charge is -2.31. The van der Waals surface area contributed by atoms with Crippen LogP contribution in [0, 0.1) is 0 Å². The number of sulfonamides is 1. The zero-order valence-electron chi connectivity index (χ0n) is 38.4. The van der Waals surface area contributed by atoms with Crippen molar-refractivity contribution in [2.75, 3.05) is 57.7 Å². The fourth-order valence-corrected chi connectivity index (χ4v) is 11.5. The van der Waals surface area contributed by atoms with Crippen molar-refractivity contribution < 1.29 is 58.3 Å². The smallest absolute Gasteiger partial charge is 0.303 e. The second kappa shape index (κ2) is 21.1. The van der Waals surface area contributed by atoms with E-state index in [0.29, 0.717) is 49.7 Å². The number of hydrogen-bond acceptors (Lipinski definition) is 12. The lowest BCUT2D eigenvalue weighted by molar-refractivity contribution is -0.438. The second-order valence-corrected chi connectivity index (χ2v) is 22.1. The first-order valence-corrected chi connectivity index (χ1v) is 26.5. The minimum atomic E-state index is -4.65. The van der Waals surface area contributed by atoms with E-state index >= 15 is 0 Å². The average Bonchev–Trinajstić information content (AvgIpc) is 3.63. The predicted octanol–water partition coefficient (Wildman–Crippen LogP) is 7.15. The summed E-state index contributed by atoms with van der Waals surface area (Å²) < 4.78 is 113. The van der Waals surface area contributed by atoms with Crippen molar-refractivity contribution in [2.24, 2.45) is 0 Å². The zero-order valence-corrected chi connectivity index (χ0v) is 40.8. The number of fused-ring (bicyclic) bond motifs is 6. The molecule has 0 amide bonds. The molecule has 15 nitrogen and oxygen atoms in total. The Balaban J connectivity index is 1.33. The molecular formula is C49H58N3O12S3-. The van der Waals surface area contributed by atoms with Gasteiger partial charge in [0.15, 0.2) is 5.71 Å². The molecule has 0 aliphatic carbocycles. The van der Waals surface area contributed by atoms with E-state index in [4.69, 9.17) is 14.6 Å². The normalized spacial score (nSPS) is 18.2. The largest absolute Gasteiger partial charge is 0.748 e. The van der Waals surface area contributed by atoms with E-state index in [-0.39, 0.29) is 35.8 Å². The fraction of sp³-hybridized carbons (Fsp3) is 0.388. The number of nitrogens with zero attached hydrogens (tertiary/aromatic N) is 2. The van der Waals surface area contributed by atoms with Crippen molar-refractivity contribution in [1.82, 2.24) is 4.72 Å². The van der Waals surface area contributed by atoms with Gasteiger partial charge in [0.25, 0.3) is 0 Å². The van der Waals surface area contributed by atoms with E-state index in [0.717, 1.165) is 51.1 Å². The van der Waals surface area contributed by atoms with Crippen LogP contribution in [0.2, 0.25) is 0 Å². The molecule has 2 heterocycles. The lowest BCUT2D eigenvalue weighted by Crippen LogP contribution is -2.31. The van der Waals surface area contributed by atoms with Gasteiger partial charge in [0.05, 0.1) is 38.5 Å². The van der Waals surface area contributed by atoms with Crippen molar-refractivity contribution in [3.05, 3.63) is 120 Å². The number of aliphatic carboxylic acids is 1. The van der Waals surface area contributed by atoms with E-state index in [9.17, 15) is 39.2 Å². The van der Waals surface area contributed by atoms with Gasteiger partial charge in [-0.15, -0.1) is 0 Å².